The topological polar surface area (TPSA) is 135 Å². The van der Waals surface area contributed by atoms with E-state index >= 15 is 0 Å². The van der Waals surface area contributed by atoms with Crippen molar-refractivity contribution < 1.29 is 19.4 Å². The summed E-state index contributed by atoms with van der Waals surface area (Å²) in [6.45, 7) is 4.78. The molecule has 1 saturated carbocycles. The van der Waals surface area contributed by atoms with Gasteiger partial charge in [-0.25, -0.2) is 19.3 Å². The average molecular weight is 548 g/mol. The Hall–Kier alpha value is -3.99. The van der Waals surface area contributed by atoms with Gasteiger partial charge in [0.1, 0.15) is 5.69 Å². The number of benzene rings is 1. The molecule has 5 rings (SSSR count). The van der Waals surface area contributed by atoms with Crippen molar-refractivity contribution in [1.82, 2.24) is 30.0 Å². The summed E-state index contributed by atoms with van der Waals surface area (Å²) < 4.78 is 7.07. The number of carbonyl (C=O) groups excluding carboxylic acids is 2. The van der Waals surface area contributed by atoms with Gasteiger partial charge in [-0.3, -0.25) is 0 Å². The SMILES string of the molecule is CCCNc1ncc2c(-c3ccc(C4NC(=O)N(C)C(CC)=C4C(=O)OC)cc3)nn([C@H]3CC[C@@H](O)CC3)c2n1. The Kier molecular flexibility index (Phi) is 8.02. The normalized spacial score (nSPS) is 21.5. The van der Waals surface area contributed by atoms with Gasteiger partial charge in [0.15, 0.2) is 5.65 Å². The smallest absolute Gasteiger partial charge is 0.337 e. The zero-order valence-electron chi connectivity index (χ0n) is 23.5. The summed E-state index contributed by atoms with van der Waals surface area (Å²) in [4.78, 5) is 36.3. The molecule has 0 saturated heterocycles. The number of aromatic nitrogens is 4. The Balaban J connectivity index is 1.54. The molecule has 1 aliphatic carbocycles. The Morgan fingerprint density at radius 2 is 1.90 bits per heavy atom. The standard InChI is InChI=1S/C29H37N7O4/c1-5-15-30-28-31-16-21-24(34-36(26(21)33-28)19-11-13-20(37)14-12-19)17-7-9-18(10-8-17)25-23(27(38)40-4)22(6-2)35(3)29(39)32-25/h7-10,16,19-20,25,37H,5-6,11-15H2,1-4H3,(H,32,39)(H,30,31,33)/t19-,20+,25?. The van der Waals surface area contributed by atoms with Crippen molar-refractivity contribution in [3.63, 3.8) is 0 Å². The third kappa shape index (κ3) is 5.13. The number of hydrogen-bond donors (Lipinski definition) is 3. The first-order valence-electron chi connectivity index (χ1n) is 14.0. The molecule has 2 aliphatic rings. The van der Waals surface area contributed by atoms with E-state index < -0.39 is 12.0 Å². The van der Waals surface area contributed by atoms with Crippen LogP contribution >= 0.6 is 0 Å². The second kappa shape index (κ2) is 11.6. The van der Waals surface area contributed by atoms with Crippen LogP contribution in [0.25, 0.3) is 22.3 Å². The molecule has 11 heteroatoms. The van der Waals surface area contributed by atoms with Gasteiger partial charge in [0.05, 0.1) is 36.3 Å². The monoisotopic (exact) mass is 547 g/mol. The van der Waals surface area contributed by atoms with Crippen molar-refractivity contribution >= 4 is 29.0 Å². The van der Waals surface area contributed by atoms with Gasteiger partial charge in [0.25, 0.3) is 0 Å². The Labute approximate surface area is 233 Å². The van der Waals surface area contributed by atoms with Gasteiger partial charge >= 0.3 is 12.0 Å². The number of nitrogens with one attached hydrogen (secondary N) is 2. The van der Waals surface area contributed by atoms with Gasteiger partial charge in [0.2, 0.25) is 5.95 Å². The van der Waals surface area contributed by atoms with E-state index in [0.29, 0.717) is 23.6 Å². The van der Waals surface area contributed by atoms with Gasteiger partial charge in [-0.15, -0.1) is 0 Å². The second-order valence-corrected chi connectivity index (χ2v) is 10.4. The maximum atomic E-state index is 12.8. The number of esters is 1. The molecule has 1 atom stereocenters. The summed E-state index contributed by atoms with van der Waals surface area (Å²) in [5, 5.41) is 22.1. The Bertz CT molecular complexity index is 1420. The van der Waals surface area contributed by atoms with Crippen molar-refractivity contribution in [1.29, 1.82) is 0 Å². The van der Waals surface area contributed by atoms with Gasteiger partial charge < -0.3 is 25.4 Å². The number of rotatable bonds is 8. The first kappa shape index (κ1) is 27.6. The molecule has 212 valence electrons. The van der Waals surface area contributed by atoms with E-state index in [1.165, 1.54) is 12.0 Å². The number of fused-ring (bicyclic) bond motifs is 1. The molecule has 3 aromatic rings. The molecule has 11 nitrogen and oxygen atoms in total. The van der Waals surface area contributed by atoms with Crippen LogP contribution in [0.3, 0.4) is 0 Å². The van der Waals surface area contributed by atoms with Gasteiger partial charge in [-0.1, -0.05) is 38.1 Å². The van der Waals surface area contributed by atoms with Crippen LogP contribution in [-0.4, -0.2) is 68.6 Å². The number of aliphatic hydroxyl groups is 1. The van der Waals surface area contributed by atoms with Crippen LogP contribution in [0.4, 0.5) is 10.7 Å². The average Bonchev–Trinajstić information content (AvgIpc) is 3.36. The number of ether oxygens (including phenoxy) is 1. The van der Waals surface area contributed by atoms with Crippen LogP contribution in [0.15, 0.2) is 41.7 Å². The molecule has 2 aromatic heterocycles. The number of urea groups is 1. The molecule has 40 heavy (non-hydrogen) atoms. The van der Waals surface area contributed by atoms with Crippen molar-refractivity contribution in [2.75, 3.05) is 26.0 Å². The van der Waals surface area contributed by atoms with E-state index in [1.807, 2.05) is 42.1 Å². The van der Waals surface area contributed by atoms with Crippen LogP contribution in [0.2, 0.25) is 0 Å². The molecule has 1 aromatic carbocycles. The molecule has 0 spiro atoms. The third-order valence-electron chi connectivity index (χ3n) is 7.83. The zero-order chi connectivity index (χ0) is 28.4. The molecule has 1 aliphatic heterocycles. The van der Waals surface area contributed by atoms with Crippen LogP contribution in [0.5, 0.6) is 0 Å². The summed E-state index contributed by atoms with van der Waals surface area (Å²) in [5.74, 6) is 0.102. The summed E-state index contributed by atoms with van der Waals surface area (Å²) >= 11 is 0. The highest BCUT2D eigenvalue weighted by molar-refractivity contribution is 5.95. The highest BCUT2D eigenvalue weighted by Gasteiger charge is 2.36. The van der Waals surface area contributed by atoms with E-state index in [0.717, 1.165) is 66.5 Å². The molecular weight excluding hydrogens is 510 g/mol. The number of hydrogen-bond acceptors (Lipinski definition) is 8. The maximum Gasteiger partial charge on any atom is 0.337 e. The lowest BCUT2D eigenvalue weighted by molar-refractivity contribution is -0.136. The Morgan fingerprint density at radius 3 is 2.55 bits per heavy atom. The lowest BCUT2D eigenvalue weighted by atomic mass is 9.93. The molecule has 1 unspecified atom stereocenters. The zero-order valence-corrected chi connectivity index (χ0v) is 23.5. The molecule has 0 bridgehead atoms. The number of nitrogens with zero attached hydrogens (tertiary/aromatic N) is 5. The lowest BCUT2D eigenvalue weighted by Crippen LogP contribution is -2.46. The van der Waals surface area contributed by atoms with E-state index in [4.69, 9.17) is 14.8 Å². The molecular formula is C29H37N7O4. The maximum absolute atomic E-state index is 12.8. The first-order chi connectivity index (χ1) is 19.4. The van der Waals surface area contributed by atoms with Gasteiger partial charge in [0, 0.05) is 31.0 Å². The predicted octanol–water partition coefficient (Wildman–Crippen LogP) is 4.32. The number of amides is 2. The largest absolute Gasteiger partial charge is 0.466 e. The van der Waals surface area contributed by atoms with Gasteiger partial charge in [-0.2, -0.15) is 10.1 Å². The second-order valence-electron chi connectivity index (χ2n) is 10.4. The van der Waals surface area contributed by atoms with Crippen molar-refractivity contribution in [2.45, 2.75) is 70.6 Å². The van der Waals surface area contributed by atoms with Gasteiger partial charge in [-0.05, 0) is 44.1 Å². The van der Waals surface area contributed by atoms with Crippen LogP contribution in [0.1, 0.15) is 70.0 Å². The number of carbonyl (C=O) groups is 2. The fraction of sp³-hybridized carbons (Fsp3) is 0.483. The molecule has 3 N–H and O–H groups in total. The number of anilines is 1. The van der Waals surface area contributed by atoms with E-state index in [-0.39, 0.29) is 18.2 Å². The molecule has 3 heterocycles. The lowest BCUT2D eigenvalue weighted by Gasteiger charge is -2.34. The highest BCUT2D eigenvalue weighted by Crippen LogP contribution is 2.36. The first-order valence-corrected chi connectivity index (χ1v) is 14.0. The number of methoxy groups -OCH3 is 1. The van der Waals surface area contributed by atoms with E-state index in [1.54, 1.807) is 7.05 Å². The molecule has 2 amide bonds. The van der Waals surface area contributed by atoms with Crippen molar-refractivity contribution in [3.8, 4) is 11.3 Å². The summed E-state index contributed by atoms with van der Waals surface area (Å²) in [6, 6.07) is 6.94. The fourth-order valence-electron chi connectivity index (χ4n) is 5.64. The minimum Gasteiger partial charge on any atom is -0.466 e. The number of allylic oxidation sites excluding steroid dienone is 1. The summed E-state index contributed by atoms with van der Waals surface area (Å²) in [6.07, 6.45) is 6.15. The summed E-state index contributed by atoms with van der Waals surface area (Å²) in [7, 11) is 3.00. The van der Waals surface area contributed by atoms with Crippen LogP contribution in [0, 0.1) is 0 Å². The van der Waals surface area contributed by atoms with Crippen molar-refractivity contribution in [3.05, 3.63) is 47.3 Å². The minimum absolute atomic E-state index is 0.141. The molecule has 0 radical (unpaired) electrons. The molecule has 1 fully saturated rings. The summed E-state index contributed by atoms with van der Waals surface area (Å²) in [5.41, 5.74) is 4.23. The van der Waals surface area contributed by atoms with Crippen LogP contribution < -0.4 is 10.6 Å². The van der Waals surface area contributed by atoms with E-state index in [9.17, 15) is 14.7 Å². The predicted molar refractivity (Wildman–Crippen MR) is 151 cm³/mol. The van der Waals surface area contributed by atoms with Crippen molar-refractivity contribution in [2.24, 2.45) is 0 Å². The van der Waals surface area contributed by atoms with E-state index in [2.05, 4.69) is 22.5 Å². The minimum atomic E-state index is -0.626. The van der Waals surface area contributed by atoms with Crippen LogP contribution in [-0.2, 0) is 9.53 Å². The third-order valence-corrected chi connectivity index (χ3v) is 7.83. The highest BCUT2D eigenvalue weighted by atomic mass is 16.5. The number of aliphatic hydroxyl groups excluding tert-OH is 1. The Morgan fingerprint density at radius 1 is 1.18 bits per heavy atom. The fourth-order valence-corrected chi connectivity index (χ4v) is 5.64. The quantitative estimate of drug-likeness (QED) is 0.355.